The number of Topliss-reactive ketones (excluding diaryl/α,β-unsaturated/α-hetero) is 1. The molecule has 0 aliphatic carbocycles. The van der Waals surface area contributed by atoms with E-state index < -0.39 is 4.92 Å². The van der Waals surface area contributed by atoms with Crippen molar-refractivity contribution in [3.8, 4) is 0 Å². The Morgan fingerprint density at radius 2 is 1.68 bits per heavy atom. The minimum absolute atomic E-state index is 0.0136. The van der Waals surface area contributed by atoms with Gasteiger partial charge in [-0.15, -0.1) is 0 Å². The van der Waals surface area contributed by atoms with Gasteiger partial charge in [-0.3, -0.25) is 14.9 Å². The molecule has 3 rings (SSSR count). The smallest absolute Gasteiger partial charge is 0.270 e. The molecule has 5 heteroatoms. The molecule has 0 aromatic heterocycles. The summed E-state index contributed by atoms with van der Waals surface area (Å²) in [5.41, 5.74) is 3.02. The summed E-state index contributed by atoms with van der Waals surface area (Å²) in [7, 11) is 0. The molecule has 0 atom stereocenters. The highest BCUT2D eigenvalue weighted by Crippen LogP contribution is 2.21. The van der Waals surface area contributed by atoms with E-state index in [9.17, 15) is 14.9 Å². The van der Waals surface area contributed by atoms with Crippen molar-refractivity contribution < 1.29 is 9.72 Å². The summed E-state index contributed by atoms with van der Waals surface area (Å²) in [6.07, 6.45) is 4.23. The molecule has 0 spiro atoms. The molecule has 1 fully saturated rings. The second-order valence-electron chi connectivity index (χ2n) is 5.86. The number of hydrogen-bond donors (Lipinski definition) is 1. The lowest BCUT2D eigenvalue weighted by atomic mass is 9.98. The molecular weight excluding hydrogens is 316 g/mol. The summed E-state index contributed by atoms with van der Waals surface area (Å²) in [6, 6.07) is 16.0. The Hall–Kier alpha value is -3.05. The molecule has 1 aliphatic rings. The van der Waals surface area contributed by atoms with Crippen LogP contribution in [-0.2, 0) is 4.79 Å². The predicted octanol–water partition coefficient (Wildman–Crippen LogP) is 3.62. The Morgan fingerprint density at radius 1 is 0.960 bits per heavy atom. The second-order valence-corrected chi connectivity index (χ2v) is 5.86. The average Bonchev–Trinajstić information content (AvgIpc) is 2.79. The first-order chi connectivity index (χ1) is 12.1. The number of nitrogens with zero attached hydrogens (tertiary/aromatic N) is 1. The van der Waals surface area contributed by atoms with Crippen LogP contribution in [0.3, 0.4) is 0 Å². The van der Waals surface area contributed by atoms with Gasteiger partial charge in [0, 0.05) is 29.8 Å². The number of nitrogens with one attached hydrogen (secondary N) is 1. The largest absolute Gasteiger partial charge is 0.312 e. The Balaban J connectivity index is 1.93. The van der Waals surface area contributed by atoms with Crippen LogP contribution < -0.4 is 5.32 Å². The molecule has 1 aliphatic heterocycles. The molecule has 1 saturated heterocycles. The first-order valence-corrected chi connectivity index (χ1v) is 8.09. The molecule has 0 saturated carbocycles. The second kappa shape index (κ2) is 7.68. The van der Waals surface area contributed by atoms with E-state index in [1.165, 1.54) is 12.1 Å². The fraction of sp³-hybridized carbons (Fsp3) is 0.150. The molecule has 0 unspecified atom stereocenters. The van der Waals surface area contributed by atoms with E-state index >= 15 is 0 Å². The molecule has 0 radical (unpaired) electrons. The van der Waals surface area contributed by atoms with E-state index in [0.29, 0.717) is 36.2 Å². The number of benzene rings is 2. The van der Waals surface area contributed by atoms with Crippen LogP contribution in [0.4, 0.5) is 5.69 Å². The van der Waals surface area contributed by atoms with E-state index in [2.05, 4.69) is 5.32 Å². The highest BCUT2D eigenvalue weighted by molar-refractivity contribution is 6.13. The average molecular weight is 334 g/mol. The fourth-order valence-corrected chi connectivity index (χ4v) is 2.78. The number of carbonyl (C=O) groups is 1. The zero-order chi connectivity index (χ0) is 17.6. The van der Waals surface area contributed by atoms with E-state index in [1.807, 2.05) is 36.4 Å². The third kappa shape index (κ3) is 4.28. The van der Waals surface area contributed by atoms with Crippen LogP contribution in [0, 0.1) is 10.1 Å². The van der Waals surface area contributed by atoms with Crippen LogP contribution in [0.25, 0.3) is 12.2 Å². The van der Waals surface area contributed by atoms with E-state index in [0.717, 1.165) is 5.56 Å². The van der Waals surface area contributed by atoms with Gasteiger partial charge >= 0.3 is 0 Å². The molecule has 25 heavy (non-hydrogen) atoms. The van der Waals surface area contributed by atoms with Crippen molar-refractivity contribution in [2.24, 2.45) is 0 Å². The zero-order valence-corrected chi connectivity index (χ0v) is 13.6. The monoisotopic (exact) mass is 334 g/mol. The van der Waals surface area contributed by atoms with Gasteiger partial charge in [-0.25, -0.2) is 0 Å². The van der Waals surface area contributed by atoms with Crippen LogP contribution in [0.1, 0.15) is 17.5 Å². The number of non-ortho nitro benzene ring substituents is 1. The molecule has 126 valence electrons. The standard InChI is InChI=1S/C20H18N2O3/c23-20-17(12-16-7-4-8-19(13-16)22(24)25)9-10-21-14-18(20)11-15-5-2-1-3-6-15/h1-8,11-13,21H,9-10,14H2. The van der Waals surface area contributed by atoms with Crippen LogP contribution in [0.2, 0.25) is 0 Å². The number of rotatable bonds is 3. The van der Waals surface area contributed by atoms with Gasteiger partial charge in [0.15, 0.2) is 5.78 Å². The third-order valence-electron chi connectivity index (χ3n) is 4.03. The topological polar surface area (TPSA) is 72.2 Å². The maximum atomic E-state index is 12.9. The van der Waals surface area contributed by atoms with Gasteiger partial charge in [-0.05, 0) is 36.2 Å². The lowest BCUT2D eigenvalue weighted by molar-refractivity contribution is -0.384. The van der Waals surface area contributed by atoms with E-state index in [4.69, 9.17) is 0 Å². The van der Waals surface area contributed by atoms with Crippen LogP contribution >= 0.6 is 0 Å². The van der Waals surface area contributed by atoms with Crippen LogP contribution in [0.15, 0.2) is 65.7 Å². The van der Waals surface area contributed by atoms with Crippen LogP contribution in [-0.4, -0.2) is 23.8 Å². The summed E-state index contributed by atoms with van der Waals surface area (Å²) in [4.78, 5) is 23.4. The van der Waals surface area contributed by atoms with Crippen molar-refractivity contribution in [1.29, 1.82) is 0 Å². The van der Waals surface area contributed by atoms with Gasteiger partial charge in [0.25, 0.3) is 5.69 Å². The first-order valence-electron chi connectivity index (χ1n) is 8.09. The molecule has 0 amide bonds. The number of ketones is 1. The Labute approximate surface area is 145 Å². The van der Waals surface area contributed by atoms with Crippen molar-refractivity contribution in [3.63, 3.8) is 0 Å². The van der Waals surface area contributed by atoms with Gasteiger partial charge in [0.1, 0.15) is 0 Å². The van der Waals surface area contributed by atoms with Crippen molar-refractivity contribution in [2.75, 3.05) is 13.1 Å². The summed E-state index contributed by atoms with van der Waals surface area (Å²) in [6.45, 7) is 1.21. The zero-order valence-electron chi connectivity index (χ0n) is 13.6. The SMILES string of the molecule is O=C1C(=Cc2cccc([N+](=O)[O-])c2)CCNCC1=Cc1ccccc1. The Bertz CT molecular complexity index is 854. The maximum absolute atomic E-state index is 12.9. The van der Waals surface area contributed by atoms with Gasteiger partial charge < -0.3 is 5.32 Å². The maximum Gasteiger partial charge on any atom is 0.270 e. The lowest BCUT2D eigenvalue weighted by Crippen LogP contribution is -2.16. The van der Waals surface area contributed by atoms with Gasteiger partial charge in [-0.2, -0.15) is 0 Å². The molecule has 1 heterocycles. The third-order valence-corrected chi connectivity index (χ3v) is 4.03. The lowest BCUT2D eigenvalue weighted by Gasteiger charge is -2.05. The van der Waals surface area contributed by atoms with E-state index in [1.54, 1.807) is 18.2 Å². The quantitative estimate of drug-likeness (QED) is 0.528. The number of carbonyl (C=O) groups excluding carboxylic acids is 1. The van der Waals surface area contributed by atoms with Gasteiger partial charge in [0.05, 0.1) is 4.92 Å². The Morgan fingerprint density at radius 3 is 2.44 bits per heavy atom. The summed E-state index contributed by atoms with van der Waals surface area (Å²) in [5.74, 6) is -0.0136. The fourth-order valence-electron chi connectivity index (χ4n) is 2.78. The summed E-state index contributed by atoms with van der Waals surface area (Å²) >= 11 is 0. The molecular formula is C20H18N2O3. The summed E-state index contributed by atoms with van der Waals surface area (Å²) in [5, 5.41) is 14.2. The van der Waals surface area contributed by atoms with Gasteiger partial charge in [-0.1, -0.05) is 42.5 Å². The first kappa shape index (κ1) is 16.8. The van der Waals surface area contributed by atoms with Crippen LogP contribution in [0.5, 0.6) is 0 Å². The van der Waals surface area contributed by atoms with Gasteiger partial charge in [0.2, 0.25) is 0 Å². The molecule has 1 N–H and O–H groups in total. The minimum Gasteiger partial charge on any atom is -0.312 e. The number of hydrogen-bond acceptors (Lipinski definition) is 4. The van der Waals surface area contributed by atoms with Crippen molar-refractivity contribution in [3.05, 3.63) is 87.0 Å². The molecule has 2 aromatic rings. The number of nitro benzene ring substituents is 1. The number of nitro groups is 1. The molecule has 2 aromatic carbocycles. The normalized spacial score (nSPS) is 18.3. The molecule has 5 nitrogen and oxygen atoms in total. The van der Waals surface area contributed by atoms with Crippen molar-refractivity contribution in [2.45, 2.75) is 6.42 Å². The predicted molar refractivity (Wildman–Crippen MR) is 98.0 cm³/mol. The van der Waals surface area contributed by atoms with E-state index in [-0.39, 0.29) is 11.5 Å². The molecule has 0 bridgehead atoms. The minimum atomic E-state index is -0.431. The highest BCUT2D eigenvalue weighted by atomic mass is 16.6. The summed E-state index contributed by atoms with van der Waals surface area (Å²) < 4.78 is 0. The Kier molecular flexibility index (Phi) is 5.16. The highest BCUT2D eigenvalue weighted by Gasteiger charge is 2.19. The van der Waals surface area contributed by atoms with Crippen molar-refractivity contribution in [1.82, 2.24) is 5.32 Å². The van der Waals surface area contributed by atoms with Crippen molar-refractivity contribution >= 4 is 23.6 Å².